The Kier molecular flexibility index (Phi) is 6.83. The molecule has 0 bridgehead atoms. The molecule has 1 saturated carbocycles. The number of anilines is 1. The number of carbonyl (C=O) groups excluding carboxylic acids is 1. The summed E-state index contributed by atoms with van der Waals surface area (Å²) in [6, 6.07) is 8.73. The summed E-state index contributed by atoms with van der Waals surface area (Å²) in [7, 11) is 3.52. The van der Waals surface area contributed by atoms with E-state index in [4.69, 9.17) is 11.6 Å². The lowest BCUT2D eigenvalue weighted by molar-refractivity contribution is -0.127. The highest BCUT2D eigenvalue weighted by atomic mass is 35.5. The SMILES string of the molecule is CN(C)C(=O)CN=C(NC1CCCC1)NC1CCN(c2cccc(Cl)c2)C1. The molecular weight excluding hydrogens is 362 g/mol. The molecule has 0 aromatic heterocycles. The van der Waals surface area contributed by atoms with Crippen molar-refractivity contribution in [3.8, 4) is 0 Å². The van der Waals surface area contributed by atoms with Crippen molar-refractivity contribution in [2.24, 2.45) is 4.99 Å². The van der Waals surface area contributed by atoms with Gasteiger partial charge in [0.1, 0.15) is 6.54 Å². The number of benzene rings is 1. The van der Waals surface area contributed by atoms with E-state index >= 15 is 0 Å². The van der Waals surface area contributed by atoms with Crippen molar-refractivity contribution in [3.05, 3.63) is 29.3 Å². The third-order valence-corrected chi connectivity index (χ3v) is 5.50. The monoisotopic (exact) mass is 391 g/mol. The predicted molar refractivity (Wildman–Crippen MR) is 112 cm³/mol. The number of amides is 1. The predicted octanol–water partition coefficient (Wildman–Crippen LogP) is 2.48. The van der Waals surface area contributed by atoms with Gasteiger partial charge in [-0.15, -0.1) is 0 Å². The van der Waals surface area contributed by atoms with E-state index in [1.807, 2.05) is 18.2 Å². The van der Waals surface area contributed by atoms with Gasteiger partial charge in [0.15, 0.2) is 5.96 Å². The lowest BCUT2D eigenvalue weighted by atomic mass is 10.2. The van der Waals surface area contributed by atoms with Crippen molar-refractivity contribution in [2.75, 3.05) is 38.6 Å². The van der Waals surface area contributed by atoms with Crippen molar-refractivity contribution in [3.63, 3.8) is 0 Å². The van der Waals surface area contributed by atoms with Crippen LogP contribution in [0.2, 0.25) is 5.02 Å². The van der Waals surface area contributed by atoms with Gasteiger partial charge in [-0.25, -0.2) is 4.99 Å². The van der Waals surface area contributed by atoms with Crippen LogP contribution in [-0.4, -0.2) is 62.6 Å². The average molecular weight is 392 g/mol. The second-order valence-corrected chi connectivity index (χ2v) is 8.07. The molecule has 0 radical (unpaired) electrons. The molecule has 1 amide bonds. The summed E-state index contributed by atoms with van der Waals surface area (Å²) in [4.78, 5) is 20.4. The zero-order valence-electron chi connectivity index (χ0n) is 16.2. The number of hydrogen-bond acceptors (Lipinski definition) is 3. The topological polar surface area (TPSA) is 60.0 Å². The summed E-state index contributed by atoms with van der Waals surface area (Å²) >= 11 is 6.13. The summed E-state index contributed by atoms with van der Waals surface area (Å²) in [5.74, 6) is 0.768. The molecule has 6 nitrogen and oxygen atoms in total. The molecule has 1 aromatic carbocycles. The van der Waals surface area contributed by atoms with Crippen molar-refractivity contribution >= 4 is 29.2 Å². The number of halogens is 1. The van der Waals surface area contributed by atoms with Gasteiger partial charge in [0.2, 0.25) is 5.91 Å². The smallest absolute Gasteiger partial charge is 0.243 e. The highest BCUT2D eigenvalue weighted by Gasteiger charge is 2.25. The Bertz CT molecular complexity index is 672. The molecule has 2 fully saturated rings. The molecule has 148 valence electrons. The second-order valence-electron chi connectivity index (χ2n) is 7.63. The van der Waals surface area contributed by atoms with E-state index in [0.717, 1.165) is 36.2 Å². The van der Waals surface area contributed by atoms with Crippen molar-refractivity contribution in [1.29, 1.82) is 0 Å². The van der Waals surface area contributed by atoms with Crippen LogP contribution in [0.25, 0.3) is 0 Å². The molecule has 3 rings (SSSR count). The Balaban J connectivity index is 1.61. The number of nitrogens with one attached hydrogen (secondary N) is 2. The Morgan fingerprint density at radius 1 is 1.22 bits per heavy atom. The molecule has 2 N–H and O–H groups in total. The fourth-order valence-corrected chi connectivity index (χ4v) is 3.85. The number of aliphatic imine (C=N–C) groups is 1. The van der Waals surface area contributed by atoms with E-state index in [9.17, 15) is 4.79 Å². The summed E-state index contributed by atoms with van der Waals surface area (Å²) in [6.45, 7) is 2.04. The molecule has 0 spiro atoms. The lowest BCUT2D eigenvalue weighted by Gasteiger charge is -2.22. The quantitative estimate of drug-likeness (QED) is 0.598. The summed E-state index contributed by atoms with van der Waals surface area (Å²) in [5.41, 5.74) is 1.15. The zero-order chi connectivity index (χ0) is 19.2. The minimum Gasteiger partial charge on any atom is -0.369 e. The molecule has 1 atom stereocenters. The first kappa shape index (κ1) is 19.8. The molecule has 1 unspecified atom stereocenters. The number of nitrogens with zero attached hydrogens (tertiary/aromatic N) is 3. The van der Waals surface area contributed by atoms with Gasteiger partial charge in [0.05, 0.1) is 0 Å². The largest absolute Gasteiger partial charge is 0.369 e. The maximum Gasteiger partial charge on any atom is 0.243 e. The van der Waals surface area contributed by atoms with E-state index < -0.39 is 0 Å². The van der Waals surface area contributed by atoms with Crippen LogP contribution in [0.15, 0.2) is 29.3 Å². The molecule has 1 aliphatic heterocycles. The first-order valence-corrected chi connectivity index (χ1v) is 10.2. The molecular formula is C20H30ClN5O. The van der Waals surface area contributed by atoms with Gasteiger partial charge in [-0.05, 0) is 37.5 Å². The number of likely N-dealkylation sites (N-methyl/N-ethyl adjacent to an activating group) is 1. The average Bonchev–Trinajstić information content (AvgIpc) is 3.31. The number of guanidine groups is 1. The van der Waals surface area contributed by atoms with Crippen molar-refractivity contribution < 1.29 is 4.79 Å². The van der Waals surface area contributed by atoms with E-state index in [1.54, 1.807) is 19.0 Å². The van der Waals surface area contributed by atoms with Crippen LogP contribution in [0.1, 0.15) is 32.1 Å². The molecule has 7 heteroatoms. The highest BCUT2D eigenvalue weighted by molar-refractivity contribution is 6.30. The zero-order valence-corrected chi connectivity index (χ0v) is 17.0. The van der Waals surface area contributed by atoms with E-state index in [1.165, 1.54) is 25.7 Å². The van der Waals surface area contributed by atoms with Gasteiger partial charge in [-0.3, -0.25) is 4.79 Å². The summed E-state index contributed by atoms with van der Waals surface area (Å²) < 4.78 is 0. The molecule has 1 saturated heterocycles. The summed E-state index contributed by atoms with van der Waals surface area (Å²) in [5, 5.41) is 7.83. The van der Waals surface area contributed by atoms with Crippen LogP contribution in [0.3, 0.4) is 0 Å². The van der Waals surface area contributed by atoms with Gasteiger partial charge in [-0.1, -0.05) is 30.5 Å². The lowest BCUT2D eigenvalue weighted by Crippen LogP contribution is -2.48. The maximum atomic E-state index is 11.9. The van der Waals surface area contributed by atoms with Crippen LogP contribution in [0.4, 0.5) is 5.69 Å². The Morgan fingerprint density at radius 2 is 1.96 bits per heavy atom. The van der Waals surface area contributed by atoms with E-state index in [-0.39, 0.29) is 12.5 Å². The van der Waals surface area contributed by atoms with Crippen LogP contribution >= 0.6 is 11.6 Å². The third kappa shape index (κ3) is 5.76. The third-order valence-electron chi connectivity index (χ3n) is 5.27. The molecule has 2 aliphatic rings. The van der Waals surface area contributed by atoms with Gasteiger partial charge in [-0.2, -0.15) is 0 Å². The van der Waals surface area contributed by atoms with Gasteiger partial charge < -0.3 is 20.4 Å². The van der Waals surface area contributed by atoms with E-state index in [2.05, 4.69) is 26.6 Å². The molecule has 1 aliphatic carbocycles. The first-order valence-electron chi connectivity index (χ1n) is 9.79. The van der Waals surface area contributed by atoms with Crippen LogP contribution in [0.5, 0.6) is 0 Å². The normalized spacial score (nSPS) is 20.8. The molecule has 27 heavy (non-hydrogen) atoms. The van der Waals surface area contributed by atoms with Crippen LogP contribution in [-0.2, 0) is 4.79 Å². The minimum absolute atomic E-state index is 0.00879. The summed E-state index contributed by atoms with van der Waals surface area (Å²) in [6.07, 6.45) is 5.88. The van der Waals surface area contributed by atoms with Crippen LogP contribution < -0.4 is 15.5 Å². The second kappa shape index (κ2) is 9.31. The minimum atomic E-state index is 0.00879. The Hall–Kier alpha value is -1.95. The highest BCUT2D eigenvalue weighted by Crippen LogP contribution is 2.23. The van der Waals surface area contributed by atoms with E-state index in [0.29, 0.717) is 12.1 Å². The standard InChI is InChI=1S/C20H30ClN5O/c1-25(2)19(27)13-22-20(23-16-7-3-4-8-16)24-17-10-11-26(14-17)18-9-5-6-15(21)12-18/h5-6,9,12,16-17H,3-4,7-8,10-11,13-14H2,1-2H3,(H2,22,23,24). The van der Waals surface area contributed by atoms with Gasteiger partial charge in [0.25, 0.3) is 0 Å². The van der Waals surface area contributed by atoms with Gasteiger partial charge in [0, 0.05) is 50.0 Å². The Morgan fingerprint density at radius 3 is 2.67 bits per heavy atom. The maximum absolute atomic E-state index is 11.9. The van der Waals surface area contributed by atoms with Crippen molar-refractivity contribution in [1.82, 2.24) is 15.5 Å². The fourth-order valence-electron chi connectivity index (χ4n) is 3.66. The molecule has 1 heterocycles. The number of carbonyl (C=O) groups is 1. The van der Waals surface area contributed by atoms with Crippen LogP contribution in [0, 0.1) is 0 Å². The Labute approximate surface area is 167 Å². The fraction of sp³-hybridized carbons (Fsp3) is 0.600. The number of rotatable bonds is 5. The first-order chi connectivity index (χ1) is 13.0. The van der Waals surface area contributed by atoms with Crippen molar-refractivity contribution in [2.45, 2.75) is 44.2 Å². The number of hydrogen-bond donors (Lipinski definition) is 2. The van der Waals surface area contributed by atoms with Gasteiger partial charge >= 0.3 is 0 Å². The molecule has 1 aromatic rings.